The molecule has 3 aliphatic heterocycles. The van der Waals surface area contributed by atoms with Crippen LogP contribution in [-0.2, 0) is 13.1 Å². The Bertz CT molecular complexity index is 392. The van der Waals surface area contributed by atoms with Crippen LogP contribution in [0.4, 0.5) is 0 Å². The van der Waals surface area contributed by atoms with Gasteiger partial charge in [-0.05, 0) is 31.7 Å². The van der Waals surface area contributed by atoms with Gasteiger partial charge in [0, 0.05) is 38.1 Å². The van der Waals surface area contributed by atoms with Gasteiger partial charge in [-0.3, -0.25) is 4.90 Å². The second-order valence-corrected chi connectivity index (χ2v) is 5.72. The van der Waals surface area contributed by atoms with Gasteiger partial charge in [0.1, 0.15) is 5.82 Å². The van der Waals surface area contributed by atoms with E-state index in [0.717, 1.165) is 31.6 Å². The number of halogens is 2. The maximum absolute atomic E-state index is 4.54. The molecule has 0 amide bonds. The van der Waals surface area contributed by atoms with E-state index in [-0.39, 0.29) is 24.8 Å². The van der Waals surface area contributed by atoms with Crippen LogP contribution in [-0.4, -0.2) is 40.1 Å². The van der Waals surface area contributed by atoms with Gasteiger partial charge < -0.3 is 9.88 Å². The van der Waals surface area contributed by atoms with Crippen LogP contribution >= 0.6 is 24.8 Å². The predicted molar refractivity (Wildman–Crippen MR) is 86.8 cm³/mol. The van der Waals surface area contributed by atoms with Crippen LogP contribution in [0.15, 0.2) is 12.4 Å². The number of imidazole rings is 1. The Balaban J connectivity index is 0.000001000. The molecular formula is C14H26Cl2N4. The van der Waals surface area contributed by atoms with E-state index in [2.05, 4.69) is 32.9 Å². The van der Waals surface area contributed by atoms with Crippen molar-refractivity contribution in [3.63, 3.8) is 0 Å². The molecule has 1 N–H and O–H groups in total. The summed E-state index contributed by atoms with van der Waals surface area (Å²) in [6.45, 7) is 7.95. The van der Waals surface area contributed by atoms with E-state index in [9.17, 15) is 0 Å². The molecule has 2 atom stereocenters. The van der Waals surface area contributed by atoms with E-state index < -0.39 is 0 Å². The van der Waals surface area contributed by atoms with E-state index >= 15 is 0 Å². The quantitative estimate of drug-likeness (QED) is 0.924. The van der Waals surface area contributed by atoms with E-state index in [0.29, 0.717) is 0 Å². The van der Waals surface area contributed by atoms with Crippen LogP contribution in [0, 0.1) is 5.92 Å². The number of hydrogen-bond acceptors (Lipinski definition) is 3. The Labute approximate surface area is 134 Å². The summed E-state index contributed by atoms with van der Waals surface area (Å²) in [5, 5.41) is 3.59. The third-order valence-corrected chi connectivity index (χ3v) is 4.34. The third kappa shape index (κ3) is 3.88. The van der Waals surface area contributed by atoms with Crippen molar-refractivity contribution in [3.05, 3.63) is 18.2 Å². The number of nitrogens with one attached hydrogen (secondary N) is 1. The van der Waals surface area contributed by atoms with Crippen molar-refractivity contribution in [2.45, 2.75) is 45.3 Å². The van der Waals surface area contributed by atoms with E-state index in [1.807, 2.05) is 6.20 Å². The Morgan fingerprint density at radius 1 is 1.30 bits per heavy atom. The lowest BCUT2D eigenvalue weighted by molar-refractivity contribution is 0.121. The number of hydrogen-bond donors (Lipinski definition) is 1. The van der Waals surface area contributed by atoms with Gasteiger partial charge in [-0.1, -0.05) is 6.92 Å². The molecule has 4 rings (SSSR count). The Kier molecular flexibility index (Phi) is 7.30. The summed E-state index contributed by atoms with van der Waals surface area (Å²) in [5.41, 5.74) is 0. The summed E-state index contributed by atoms with van der Waals surface area (Å²) < 4.78 is 2.31. The summed E-state index contributed by atoms with van der Waals surface area (Å²) in [5.74, 6) is 2.09. The lowest BCUT2D eigenvalue weighted by atomic mass is 9.95. The maximum atomic E-state index is 4.54. The second kappa shape index (κ2) is 8.23. The van der Waals surface area contributed by atoms with Crippen molar-refractivity contribution in [2.24, 2.45) is 5.92 Å². The van der Waals surface area contributed by atoms with Gasteiger partial charge >= 0.3 is 0 Å². The molecule has 0 radical (unpaired) electrons. The van der Waals surface area contributed by atoms with Crippen molar-refractivity contribution >= 4 is 24.8 Å². The molecule has 0 spiro atoms. The molecule has 3 fully saturated rings. The summed E-state index contributed by atoms with van der Waals surface area (Å²) in [4.78, 5) is 7.19. The lowest BCUT2D eigenvalue weighted by Crippen LogP contribution is -2.43. The first-order chi connectivity index (χ1) is 8.86. The lowest BCUT2D eigenvalue weighted by Gasteiger charge is -2.35. The fraction of sp³-hybridized carbons (Fsp3) is 0.786. The summed E-state index contributed by atoms with van der Waals surface area (Å²) >= 11 is 0. The van der Waals surface area contributed by atoms with E-state index in [1.165, 1.54) is 38.2 Å². The molecule has 4 heterocycles. The van der Waals surface area contributed by atoms with Crippen LogP contribution in [0.5, 0.6) is 0 Å². The number of fused-ring (bicyclic) bond motifs is 4. The molecule has 0 saturated carbocycles. The van der Waals surface area contributed by atoms with Gasteiger partial charge in [0.25, 0.3) is 0 Å². The average Bonchev–Trinajstić information content (AvgIpc) is 2.61. The minimum Gasteiger partial charge on any atom is -0.334 e. The highest BCUT2D eigenvalue weighted by atomic mass is 35.5. The average molecular weight is 321 g/mol. The highest BCUT2D eigenvalue weighted by molar-refractivity contribution is 5.85. The smallest absolute Gasteiger partial charge is 0.122 e. The van der Waals surface area contributed by atoms with Crippen molar-refractivity contribution in [3.8, 4) is 0 Å². The molecule has 0 aliphatic carbocycles. The van der Waals surface area contributed by atoms with Gasteiger partial charge in [-0.2, -0.15) is 0 Å². The van der Waals surface area contributed by atoms with Crippen molar-refractivity contribution < 1.29 is 0 Å². The molecule has 0 unspecified atom stereocenters. The van der Waals surface area contributed by atoms with Crippen LogP contribution in [0.2, 0.25) is 0 Å². The highest BCUT2D eigenvalue weighted by Gasteiger charge is 2.31. The van der Waals surface area contributed by atoms with Gasteiger partial charge in [0.2, 0.25) is 0 Å². The van der Waals surface area contributed by atoms with Gasteiger partial charge in [0.15, 0.2) is 0 Å². The number of piperidine rings is 1. The Hall–Kier alpha value is -0.290. The Morgan fingerprint density at radius 3 is 2.95 bits per heavy atom. The zero-order valence-electron chi connectivity index (χ0n) is 12.1. The van der Waals surface area contributed by atoms with E-state index in [4.69, 9.17) is 0 Å². The number of aryl methyl sites for hydroxylation is 1. The van der Waals surface area contributed by atoms with Crippen molar-refractivity contribution in [2.75, 3.05) is 19.6 Å². The van der Waals surface area contributed by atoms with Gasteiger partial charge in [0.05, 0.1) is 6.54 Å². The zero-order valence-corrected chi connectivity index (χ0v) is 13.8. The van der Waals surface area contributed by atoms with Crippen LogP contribution in [0.3, 0.4) is 0 Å². The zero-order chi connectivity index (χ0) is 12.4. The standard InChI is InChI=1S/C14H24N4.2ClH/c1-2-6-17-7-5-16-14(17)11-18-10-12-3-4-13(18)9-15-8-12;;/h5,7,12-13,15H,2-4,6,8-11H2,1H3;2*1H/t12-,13+;;/m1../s1. The van der Waals surface area contributed by atoms with E-state index in [1.54, 1.807) is 0 Å². The molecule has 2 bridgehead atoms. The molecule has 3 aliphatic rings. The highest BCUT2D eigenvalue weighted by Crippen LogP contribution is 2.25. The molecule has 20 heavy (non-hydrogen) atoms. The first-order valence-electron chi connectivity index (χ1n) is 7.31. The van der Waals surface area contributed by atoms with Gasteiger partial charge in [-0.15, -0.1) is 24.8 Å². The molecule has 1 aromatic heterocycles. The third-order valence-electron chi connectivity index (χ3n) is 4.34. The topological polar surface area (TPSA) is 33.1 Å². The summed E-state index contributed by atoms with van der Waals surface area (Å²) in [7, 11) is 0. The summed E-state index contributed by atoms with van der Waals surface area (Å²) in [6, 6.07) is 0.718. The molecule has 1 aromatic rings. The minimum atomic E-state index is 0. The van der Waals surface area contributed by atoms with Crippen LogP contribution in [0.25, 0.3) is 0 Å². The minimum absolute atomic E-state index is 0. The van der Waals surface area contributed by atoms with Crippen molar-refractivity contribution in [1.82, 2.24) is 19.8 Å². The number of aromatic nitrogens is 2. The molecule has 3 saturated heterocycles. The molecule has 116 valence electrons. The summed E-state index contributed by atoms with van der Waals surface area (Å²) in [6.07, 6.45) is 7.99. The van der Waals surface area contributed by atoms with Crippen LogP contribution in [0.1, 0.15) is 32.0 Å². The first kappa shape index (κ1) is 17.8. The van der Waals surface area contributed by atoms with Gasteiger partial charge in [-0.25, -0.2) is 4.98 Å². The second-order valence-electron chi connectivity index (χ2n) is 5.72. The SMILES string of the molecule is CCCn1ccnc1CN1C[C@@H]2CC[C@H]1CNC2.Cl.Cl. The fourth-order valence-corrected chi connectivity index (χ4v) is 3.35. The fourth-order valence-electron chi connectivity index (χ4n) is 3.35. The van der Waals surface area contributed by atoms with Crippen LogP contribution < -0.4 is 5.32 Å². The predicted octanol–water partition coefficient (Wildman–Crippen LogP) is 2.32. The number of rotatable bonds is 4. The number of nitrogens with zero attached hydrogens (tertiary/aromatic N) is 3. The maximum Gasteiger partial charge on any atom is 0.122 e. The molecule has 6 heteroatoms. The normalized spacial score (nSPS) is 25.6. The monoisotopic (exact) mass is 320 g/mol. The Morgan fingerprint density at radius 2 is 2.15 bits per heavy atom. The first-order valence-corrected chi connectivity index (χ1v) is 7.31. The molecular weight excluding hydrogens is 295 g/mol. The molecule has 4 nitrogen and oxygen atoms in total. The molecule has 0 aromatic carbocycles. The largest absolute Gasteiger partial charge is 0.334 e. The van der Waals surface area contributed by atoms with Crippen molar-refractivity contribution in [1.29, 1.82) is 0 Å².